The van der Waals surface area contributed by atoms with Gasteiger partial charge in [-0.25, -0.2) is 4.21 Å². The first kappa shape index (κ1) is 9.74. The van der Waals surface area contributed by atoms with E-state index in [2.05, 4.69) is 4.72 Å². The molecule has 68 valence electrons. The third kappa shape index (κ3) is 2.60. The standard InChI is InChI=1S/C8H13NOS2/c1-8(2,3)12(10)9-7-4-5-11-6-7/h4-6,9H,1-3H3. The van der Waals surface area contributed by atoms with Crippen LogP contribution >= 0.6 is 11.3 Å². The summed E-state index contributed by atoms with van der Waals surface area (Å²) in [7, 11) is -1.01. The summed E-state index contributed by atoms with van der Waals surface area (Å²) >= 11 is 1.60. The van der Waals surface area contributed by atoms with E-state index in [0.29, 0.717) is 0 Å². The summed E-state index contributed by atoms with van der Waals surface area (Å²) < 4.78 is 14.3. The highest BCUT2D eigenvalue weighted by Crippen LogP contribution is 2.17. The Morgan fingerprint density at radius 3 is 2.58 bits per heavy atom. The Labute approximate surface area is 79.6 Å². The Morgan fingerprint density at radius 2 is 2.17 bits per heavy atom. The lowest BCUT2D eigenvalue weighted by Gasteiger charge is -2.17. The van der Waals surface area contributed by atoms with E-state index in [0.717, 1.165) is 5.69 Å². The van der Waals surface area contributed by atoms with Gasteiger partial charge >= 0.3 is 0 Å². The van der Waals surface area contributed by atoms with Gasteiger partial charge in [0.2, 0.25) is 0 Å². The Balaban J connectivity index is 2.60. The molecule has 12 heavy (non-hydrogen) atoms. The monoisotopic (exact) mass is 203 g/mol. The summed E-state index contributed by atoms with van der Waals surface area (Å²) in [4.78, 5) is 0. The topological polar surface area (TPSA) is 29.1 Å². The molecule has 0 aliphatic rings. The molecule has 1 aromatic heterocycles. The van der Waals surface area contributed by atoms with Crippen LogP contribution in [0.2, 0.25) is 0 Å². The van der Waals surface area contributed by atoms with Crippen LogP contribution in [-0.2, 0) is 11.0 Å². The van der Waals surface area contributed by atoms with Gasteiger partial charge in [-0.15, -0.1) is 0 Å². The van der Waals surface area contributed by atoms with Gasteiger partial charge in [0.1, 0.15) is 11.0 Å². The molecule has 2 nitrogen and oxygen atoms in total. The van der Waals surface area contributed by atoms with E-state index in [1.807, 2.05) is 37.6 Å². The Bertz CT molecular complexity index is 261. The van der Waals surface area contributed by atoms with Crippen LogP contribution in [0.25, 0.3) is 0 Å². The largest absolute Gasteiger partial charge is 0.304 e. The van der Waals surface area contributed by atoms with E-state index in [4.69, 9.17) is 0 Å². The maximum Gasteiger partial charge on any atom is 0.122 e. The summed E-state index contributed by atoms with van der Waals surface area (Å²) in [6, 6.07) is 1.92. The lowest BCUT2D eigenvalue weighted by molar-refractivity contribution is 0.653. The maximum atomic E-state index is 11.5. The zero-order chi connectivity index (χ0) is 9.19. The highest BCUT2D eigenvalue weighted by atomic mass is 32.2. The summed E-state index contributed by atoms with van der Waals surface area (Å²) in [5.41, 5.74) is 0.938. The Kier molecular flexibility index (Phi) is 2.90. The first-order valence-electron chi connectivity index (χ1n) is 3.71. The molecule has 0 radical (unpaired) electrons. The first-order valence-corrected chi connectivity index (χ1v) is 5.80. The van der Waals surface area contributed by atoms with Crippen molar-refractivity contribution in [2.45, 2.75) is 25.5 Å². The molecule has 0 saturated heterocycles. The van der Waals surface area contributed by atoms with Gasteiger partial charge < -0.3 is 4.72 Å². The van der Waals surface area contributed by atoms with Crippen molar-refractivity contribution in [3.05, 3.63) is 16.8 Å². The lowest BCUT2D eigenvalue weighted by Crippen LogP contribution is -2.27. The molecule has 0 aliphatic carbocycles. The average Bonchev–Trinajstić information content (AvgIpc) is 2.37. The summed E-state index contributed by atoms with van der Waals surface area (Å²) in [5, 5.41) is 3.91. The molecule has 1 N–H and O–H groups in total. The van der Waals surface area contributed by atoms with Gasteiger partial charge in [0.15, 0.2) is 0 Å². The normalized spacial score (nSPS) is 14.2. The number of thiophene rings is 1. The molecule has 0 fully saturated rings. The first-order chi connectivity index (χ1) is 5.50. The molecule has 1 atom stereocenters. The number of nitrogens with one attached hydrogen (secondary N) is 1. The fourth-order valence-corrected chi connectivity index (χ4v) is 1.89. The van der Waals surface area contributed by atoms with Gasteiger partial charge in [-0.3, -0.25) is 0 Å². The molecule has 0 saturated carbocycles. The van der Waals surface area contributed by atoms with Gasteiger partial charge in [-0.05, 0) is 32.2 Å². The molecule has 0 spiro atoms. The average molecular weight is 203 g/mol. The summed E-state index contributed by atoms with van der Waals surface area (Å²) in [6.45, 7) is 5.84. The van der Waals surface area contributed by atoms with E-state index >= 15 is 0 Å². The zero-order valence-electron chi connectivity index (χ0n) is 7.46. The van der Waals surface area contributed by atoms with Crippen LogP contribution in [0.4, 0.5) is 5.69 Å². The van der Waals surface area contributed by atoms with Crippen molar-refractivity contribution in [2.75, 3.05) is 4.72 Å². The second-order valence-electron chi connectivity index (χ2n) is 3.50. The van der Waals surface area contributed by atoms with Crippen molar-refractivity contribution in [1.82, 2.24) is 0 Å². The van der Waals surface area contributed by atoms with E-state index in [1.165, 1.54) is 0 Å². The minimum Gasteiger partial charge on any atom is -0.304 e. The van der Waals surface area contributed by atoms with Crippen LogP contribution in [0.3, 0.4) is 0 Å². The fourth-order valence-electron chi connectivity index (χ4n) is 0.583. The summed E-state index contributed by atoms with van der Waals surface area (Å²) in [5.74, 6) is 0. The van der Waals surface area contributed by atoms with E-state index in [1.54, 1.807) is 11.3 Å². The third-order valence-electron chi connectivity index (χ3n) is 1.29. The van der Waals surface area contributed by atoms with Crippen LogP contribution in [0.5, 0.6) is 0 Å². The van der Waals surface area contributed by atoms with Crippen molar-refractivity contribution in [1.29, 1.82) is 0 Å². The van der Waals surface area contributed by atoms with Crippen molar-refractivity contribution in [3.63, 3.8) is 0 Å². The fraction of sp³-hybridized carbons (Fsp3) is 0.500. The molecule has 1 aromatic rings. The van der Waals surface area contributed by atoms with Crippen LogP contribution in [-0.4, -0.2) is 8.96 Å². The van der Waals surface area contributed by atoms with E-state index in [-0.39, 0.29) is 4.75 Å². The SMILES string of the molecule is CC(C)(C)S(=O)Nc1ccsc1. The molecule has 1 unspecified atom stereocenters. The molecule has 1 heterocycles. The molecule has 1 rings (SSSR count). The highest BCUT2D eigenvalue weighted by molar-refractivity contribution is 7.87. The van der Waals surface area contributed by atoms with Gasteiger partial charge in [0, 0.05) is 5.38 Å². The van der Waals surface area contributed by atoms with Gasteiger partial charge in [-0.2, -0.15) is 11.3 Å². The minimum atomic E-state index is -1.01. The molecule has 0 aromatic carbocycles. The molecule has 0 bridgehead atoms. The van der Waals surface area contributed by atoms with Gasteiger partial charge in [0.05, 0.1) is 10.4 Å². The molecule has 0 amide bonds. The van der Waals surface area contributed by atoms with Crippen molar-refractivity contribution >= 4 is 28.0 Å². The second kappa shape index (κ2) is 3.58. The van der Waals surface area contributed by atoms with E-state index in [9.17, 15) is 4.21 Å². The van der Waals surface area contributed by atoms with Gasteiger partial charge in [0.25, 0.3) is 0 Å². The molecular formula is C8H13NOS2. The smallest absolute Gasteiger partial charge is 0.122 e. The van der Waals surface area contributed by atoms with E-state index < -0.39 is 11.0 Å². The predicted molar refractivity (Wildman–Crippen MR) is 55.8 cm³/mol. The zero-order valence-corrected chi connectivity index (χ0v) is 9.09. The van der Waals surface area contributed by atoms with Crippen molar-refractivity contribution in [3.8, 4) is 0 Å². The third-order valence-corrected chi connectivity index (χ3v) is 3.50. The number of hydrogen-bond donors (Lipinski definition) is 1. The summed E-state index contributed by atoms with van der Waals surface area (Å²) in [6.07, 6.45) is 0. The van der Waals surface area contributed by atoms with Crippen molar-refractivity contribution < 1.29 is 4.21 Å². The van der Waals surface area contributed by atoms with Crippen LogP contribution in [0, 0.1) is 0 Å². The number of anilines is 1. The van der Waals surface area contributed by atoms with Crippen LogP contribution in [0.1, 0.15) is 20.8 Å². The van der Waals surface area contributed by atoms with Gasteiger partial charge in [-0.1, -0.05) is 0 Å². The quantitative estimate of drug-likeness (QED) is 0.786. The Hall–Kier alpha value is -0.350. The Morgan fingerprint density at radius 1 is 1.50 bits per heavy atom. The number of rotatable bonds is 2. The highest BCUT2D eigenvalue weighted by Gasteiger charge is 2.19. The molecular weight excluding hydrogens is 190 g/mol. The van der Waals surface area contributed by atoms with Crippen molar-refractivity contribution in [2.24, 2.45) is 0 Å². The minimum absolute atomic E-state index is 0.206. The predicted octanol–water partition coefficient (Wildman–Crippen LogP) is 2.62. The lowest BCUT2D eigenvalue weighted by atomic mass is 10.3. The second-order valence-corrected chi connectivity index (χ2v) is 6.24. The molecule has 0 aliphatic heterocycles. The van der Waals surface area contributed by atoms with Crippen LogP contribution in [0.15, 0.2) is 16.8 Å². The van der Waals surface area contributed by atoms with Crippen LogP contribution < -0.4 is 4.72 Å². The molecule has 4 heteroatoms. The maximum absolute atomic E-state index is 11.5. The number of hydrogen-bond acceptors (Lipinski definition) is 2.